The van der Waals surface area contributed by atoms with Crippen LogP contribution in [0.15, 0.2) is 0 Å². The molecule has 0 aromatic rings. The normalized spacial score (nSPS) is 15.2. The first-order chi connectivity index (χ1) is 9.60. The van der Waals surface area contributed by atoms with Gasteiger partial charge in [0.25, 0.3) is 0 Å². The van der Waals surface area contributed by atoms with Gasteiger partial charge in [0, 0.05) is 26.3 Å². The number of methoxy groups -OCH3 is 1. The molecule has 0 spiro atoms. The average Bonchev–Trinajstić information content (AvgIpc) is 3.22. The molecule has 0 radical (unpaired) electrons. The average molecular weight is 283 g/mol. The highest BCUT2D eigenvalue weighted by atomic mass is 16.5. The van der Waals surface area contributed by atoms with E-state index in [1.165, 1.54) is 0 Å². The molecule has 1 aliphatic rings. The van der Waals surface area contributed by atoms with Crippen molar-refractivity contribution in [3.05, 3.63) is 0 Å². The maximum atomic E-state index is 12.1. The number of nitrogens with zero attached hydrogens (tertiary/aromatic N) is 2. The highest BCUT2D eigenvalue weighted by Crippen LogP contribution is 2.27. The smallest absolute Gasteiger partial charge is 0.326 e. The third-order valence-electron chi connectivity index (χ3n) is 3.15. The molecule has 0 bridgehead atoms. The summed E-state index contributed by atoms with van der Waals surface area (Å²) in [6, 6.07) is 0.837. The zero-order valence-corrected chi connectivity index (χ0v) is 11.7. The summed E-state index contributed by atoms with van der Waals surface area (Å²) in [7, 11) is 1.55. The van der Waals surface area contributed by atoms with E-state index in [2.05, 4.69) is 5.32 Å². The van der Waals surface area contributed by atoms with E-state index in [0.29, 0.717) is 26.0 Å². The molecule has 1 fully saturated rings. The second-order valence-corrected chi connectivity index (χ2v) is 4.81. The molecule has 1 saturated carbocycles. The van der Waals surface area contributed by atoms with Crippen molar-refractivity contribution in [2.45, 2.75) is 44.2 Å². The third kappa shape index (κ3) is 5.45. The van der Waals surface area contributed by atoms with Crippen LogP contribution in [-0.4, -0.2) is 54.4 Å². The Bertz CT molecular complexity index is 376. The highest BCUT2D eigenvalue weighted by Gasteiger charge is 2.33. The number of amides is 2. The van der Waals surface area contributed by atoms with Crippen molar-refractivity contribution < 1.29 is 19.4 Å². The van der Waals surface area contributed by atoms with Crippen LogP contribution in [0, 0.1) is 11.3 Å². The van der Waals surface area contributed by atoms with E-state index in [-0.39, 0.29) is 12.5 Å². The lowest BCUT2D eigenvalue weighted by Crippen LogP contribution is -2.49. The second-order valence-electron chi connectivity index (χ2n) is 4.81. The molecular formula is C13H21N3O4. The van der Waals surface area contributed by atoms with Gasteiger partial charge in [0.2, 0.25) is 0 Å². The van der Waals surface area contributed by atoms with Crippen molar-refractivity contribution in [2.75, 3.05) is 20.3 Å². The molecule has 2 N–H and O–H groups in total. The Morgan fingerprint density at radius 3 is 2.75 bits per heavy atom. The van der Waals surface area contributed by atoms with Gasteiger partial charge in [0.15, 0.2) is 0 Å². The number of carboxylic acids is 1. The van der Waals surface area contributed by atoms with Crippen LogP contribution in [0.5, 0.6) is 0 Å². The number of carbonyl (C=O) groups is 2. The van der Waals surface area contributed by atoms with Crippen LogP contribution < -0.4 is 5.32 Å². The van der Waals surface area contributed by atoms with Crippen molar-refractivity contribution >= 4 is 12.0 Å². The van der Waals surface area contributed by atoms with E-state index < -0.39 is 18.0 Å². The summed E-state index contributed by atoms with van der Waals surface area (Å²) in [5.74, 6) is -1.05. The second kappa shape index (κ2) is 8.38. The first-order valence-electron chi connectivity index (χ1n) is 6.76. The topological polar surface area (TPSA) is 103 Å². The Labute approximate surface area is 118 Å². The largest absolute Gasteiger partial charge is 0.480 e. The van der Waals surface area contributed by atoms with Crippen LogP contribution in [0.1, 0.15) is 32.1 Å². The zero-order valence-electron chi connectivity index (χ0n) is 11.7. The fraction of sp³-hybridized carbons (Fsp3) is 0.769. The van der Waals surface area contributed by atoms with Crippen molar-refractivity contribution in [1.82, 2.24) is 10.2 Å². The van der Waals surface area contributed by atoms with E-state index in [4.69, 9.17) is 15.1 Å². The third-order valence-corrected chi connectivity index (χ3v) is 3.15. The number of hydrogen-bond acceptors (Lipinski definition) is 4. The summed E-state index contributed by atoms with van der Waals surface area (Å²) in [5, 5.41) is 20.2. The highest BCUT2D eigenvalue weighted by molar-refractivity contribution is 5.82. The fourth-order valence-electron chi connectivity index (χ4n) is 1.93. The molecule has 1 unspecified atom stereocenters. The van der Waals surface area contributed by atoms with Gasteiger partial charge in [0.05, 0.1) is 12.5 Å². The van der Waals surface area contributed by atoms with E-state index >= 15 is 0 Å². The standard InChI is InChI=1S/C13H21N3O4/c1-20-9-2-4-11(12(17)18)15-13(19)16(8-3-7-14)10-5-6-10/h10-11H,2-6,8-9H2,1H3,(H,15,19)(H,17,18). The van der Waals surface area contributed by atoms with Gasteiger partial charge in [-0.05, 0) is 25.7 Å². The summed E-state index contributed by atoms with van der Waals surface area (Å²) in [6.45, 7) is 0.803. The van der Waals surface area contributed by atoms with Crippen LogP contribution in [0.3, 0.4) is 0 Å². The zero-order chi connectivity index (χ0) is 15.0. The number of aliphatic carboxylic acids is 1. The molecule has 0 aromatic heterocycles. The molecular weight excluding hydrogens is 262 g/mol. The Hall–Kier alpha value is -1.81. The molecule has 1 aliphatic carbocycles. The summed E-state index contributed by atoms with van der Waals surface area (Å²) >= 11 is 0. The number of carbonyl (C=O) groups excluding carboxylic acids is 1. The van der Waals surface area contributed by atoms with Crippen molar-refractivity contribution in [3.8, 4) is 6.07 Å². The number of carboxylic acid groups (broad SMARTS) is 1. The van der Waals surface area contributed by atoms with E-state index in [1.807, 2.05) is 6.07 Å². The molecule has 1 atom stereocenters. The molecule has 2 amide bonds. The first-order valence-corrected chi connectivity index (χ1v) is 6.76. The van der Waals surface area contributed by atoms with Crippen LogP contribution in [0.4, 0.5) is 4.79 Å². The monoisotopic (exact) mass is 283 g/mol. The lowest BCUT2D eigenvalue weighted by molar-refractivity contribution is -0.139. The van der Waals surface area contributed by atoms with E-state index in [0.717, 1.165) is 12.8 Å². The minimum absolute atomic E-state index is 0.150. The van der Waals surface area contributed by atoms with Gasteiger partial charge in [-0.1, -0.05) is 0 Å². The van der Waals surface area contributed by atoms with Gasteiger partial charge in [-0.2, -0.15) is 5.26 Å². The molecule has 7 heteroatoms. The van der Waals surface area contributed by atoms with Crippen molar-refractivity contribution in [2.24, 2.45) is 0 Å². The summed E-state index contributed by atoms with van der Waals surface area (Å²) < 4.78 is 4.87. The van der Waals surface area contributed by atoms with Gasteiger partial charge in [-0.3, -0.25) is 0 Å². The van der Waals surface area contributed by atoms with Crippen LogP contribution in [0.2, 0.25) is 0 Å². The van der Waals surface area contributed by atoms with Crippen molar-refractivity contribution in [1.29, 1.82) is 5.26 Å². The molecule has 0 aliphatic heterocycles. The molecule has 112 valence electrons. The lowest BCUT2D eigenvalue weighted by Gasteiger charge is -2.24. The minimum atomic E-state index is -1.05. The number of nitrogens with one attached hydrogen (secondary N) is 1. The number of rotatable bonds is 9. The molecule has 20 heavy (non-hydrogen) atoms. The lowest BCUT2D eigenvalue weighted by atomic mass is 10.1. The summed E-state index contributed by atoms with van der Waals surface area (Å²) in [5.41, 5.74) is 0. The van der Waals surface area contributed by atoms with Crippen molar-refractivity contribution in [3.63, 3.8) is 0 Å². The molecule has 0 saturated heterocycles. The van der Waals surface area contributed by atoms with Gasteiger partial charge in [-0.15, -0.1) is 0 Å². The quantitative estimate of drug-likeness (QED) is 0.613. The van der Waals surface area contributed by atoms with Crippen LogP contribution in [-0.2, 0) is 9.53 Å². The maximum Gasteiger partial charge on any atom is 0.326 e. The Morgan fingerprint density at radius 1 is 1.55 bits per heavy atom. The predicted molar refractivity (Wildman–Crippen MR) is 71.0 cm³/mol. The van der Waals surface area contributed by atoms with Gasteiger partial charge >= 0.3 is 12.0 Å². The number of nitriles is 1. The van der Waals surface area contributed by atoms with Crippen LogP contribution in [0.25, 0.3) is 0 Å². The predicted octanol–water partition coefficient (Wildman–Crippen LogP) is 0.954. The fourth-order valence-corrected chi connectivity index (χ4v) is 1.93. The minimum Gasteiger partial charge on any atom is -0.480 e. The summed E-state index contributed by atoms with van der Waals surface area (Å²) in [4.78, 5) is 24.8. The number of ether oxygens (including phenoxy) is 1. The molecule has 0 aromatic carbocycles. The molecule has 0 heterocycles. The molecule has 7 nitrogen and oxygen atoms in total. The van der Waals surface area contributed by atoms with E-state index in [1.54, 1.807) is 12.0 Å². The van der Waals surface area contributed by atoms with Gasteiger partial charge < -0.3 is 20.1 Å². The maximum absolute atomic E-state index is 12.1. The van der Waals surface area contributed by atoms with Crippen LogP contribution >= 0.6 is 0 Å². The Balaban J connectivity index is 2.49. The first kappa shape index (κ1) is 16.2. The van der Waals surface area contributed by atoms with Gasteiger partial charge in [0.1, 0.15) is 6.04 Å². The molecule has 1 rings (SSSR count). The van der Waals surface area contributed by atoms with E-state index in [9.17, 15) is 9.59 Å². The SMILES string of the molecule is COCCCC(NC(=O)N(CCC#N)C1CC1)C(=O)O. The Morgan fingerprint density at radius 2 is 2.25 bits per heavy atom. The summed E-state index contributed by atoms with van der Waals surface area (Å²) in [6.07, 6.45) is 2.98. The Kier molecular flexibility index (Phi) is 6.81. The van der Waals surface area contributed by atoms with Gasteiger partial charge in [-0.25, -0.2) is 9.59 Å². The number of urea groups is 1. The number of hydrogen-bond donors (Lipinski definition) is 2.